The third-order valence-corrected chi connectivity index (χ3v) is 5.55. The molecule has 0 aromatic heterocycles. The maximum absolute atomic E-state index is 12.0. The molecule has 1 unspecified atom stereocenters. The number of amides is 3. The number of carbonyl (C=O) groups is 2. The van der Waals surface area contributed by atoms with E-state index in [1.165, 1.54) is 0 Å². The van der Waals surface area contributed by atoms with Crippen molar-refractivity contribution in [1.29, 1.82) is 0 Å². The van der Waals surface area contributed by atoms with Crippen molar-refractivity contribution in [3.8, 4) is 0 Å². The molecule has 24 heavy (non-hydrogen) atoms. The Hall–Kier alpha value is -0.990. The van der Waals surface area contributed by atoms with Crippen LogP contribution in [0.5, 0.6) is 0 Å². The van der Waals surface area contributed by atoms with Crippen LogP contribution in [0.25, 0.3) is 0 Å². The fraction of sp³-hybridized carbons (Fsp3) is 0.875. The zero-order valence-electron chi connectivity index (χ0n) is 14.3. The van der Waals surface area contributed by atoms with Gasteiger partial charge in [0.15, 0.2) is 0 Å². The number of hydrogen-bond donors (Lipinski definition) is 3. The summed E-state index contributed by atoms with van der Waals surface area (Å²) in [6, 6.07) is 0.100. The lowest BCUT2D eigenvalue weighted by Crippen LogP contribution is -2.40. The number of rotatable bonds is 12. The van der Waals surface area contributed by atoms with Crippen molar-refractivity contribution in [1.82, 2.24) is 16.0 Å². The second-order valence-corrected chi connectivity index (χ2v) is 7.38. The monoisotopic (exact) mass is 359 g/mol. The summed E-state index contributed by atoms with van der Waals surface area (Å²) in [5.41, 5.74) is 0. The maximum Gasteiger partial charge on any atom is 0.315 e. The van der Waals surface area contributed by atoms with Crippen LogP contribution >= 0.6 is 11.8 Å². The van der Waals surface area contributed by atoms with Gasteiger partial charge < -0.3 is 25.4 Å². The largest absolute Gasteiger partial charge is 0.381 e. The molecule has 2 fully saturated rings. The molecule has 8 heteroatoms. The fourth-order valence-corrected chi connectivity index (χ4v) is 4.28. The molecule has 2 rings (SSSR count). The average Bonchev–Trinajstić information content (AvgIpc) is 3.09. The summed E-state index contributed by atoms with van der Waals surface area (Å²) < 4.78 is 10.9. The van der Waals surface area contributed by atoms with E-state index in [9.17, 15) is 9.59 Å². The molecule has 2 aliphatic rings. The van der Waals surface area contributed by atoms with Gasteiger partial charge in [-0.2, -0.15) is 11.8 Å². The SMILES string of the molecule is CCCCOCCCOCCNC(=O)CC1SC[C@@H]2NC(=O)N[C@H]12. The van der Waals surface area contributed by atoms with Gasteiger partial charge in [-0.15, -0.1) is 0 Å². The lowest BCUT2D eigenvalue weighted by atomic mass is 10.1. The summed E-state index contributed by atoms with van der Waals surface area (Å²) in [6.07, 6.45) is 3.57. The van der Waals surface area contributed by atoms with Crippen molar-refractivity contribution in [3.05, 3.63) is 0 Å². The van der Waals surface area contributed by atoms with Crippen molar-refractivity contribution in [2.24, 2.45) is 0 Å². The first-order chi connectivity index (χ1) is 11.7. The van der Waals surface area contributed by atoms with Crippen molar-refractivity contribution in [2.75, 3.05) is 38.7 Å². The first-order valence-electron chi connectivity index (χ1n) is 8.81. The Bertz CT molecular complexity index is 411. The number of thioether (sulfide) groups is 1. The van der Waals surface area contributed by atoms with Gasteiger partial charge in [0, 0.05) is 43.8 Å². The lowest BCUT2D eigenvalue weighted by Gasteiger charge is -2.16. The Morgan fingerprint density at radius 1 is 1.21 bits per heavy atom. The Kier molecular flexibility index (Phi) is 8.69. The van der Waals surface area contributed by atoms with Crippen molar-refractivity contribution < 1.29 is 19.1 Å². The molecular weight excluding hydrogens is 330 g/mol. The maximum atomic E-state index is 12.0. The van der Waals surface area contributed by atoms with Crippen molar-refractivity contribution >= 4 is 23.7 Å². The van der Waals surface area contributed by atoms with E-state index in [1.54, 1.807) is 11.8 Å². The van der Waals surface area contributed by atoms with Crippen LogP contribution < -0.4 is 16.0 Å². The predicted octanol–water partition coefficient (Wildman–Crippen LogP) is 0.882. The number of nitrogens with one attached hydrogen (secondary N) is 3. The highest BCUT2D eigenvalue weighted by molar-refractivity contribution is 8.00. The Morgan fingerprint density at radius 2 is 1.96 bits per heavy atom. The minimum absolute atomic E-state index is 0.0146. The standard InChI is InChI=1S/C16H29N3O4S/c1-2-3-6-22-7-4-8-23-9-5-17-14(20)10-13-15-12(11-24-13)18-16(21)19-15/h12-13,15H,2-11H2,1H3,(H,17,20)(H2,18,19,21)/t12-,13?,15-/m0/s1. The van der Waals surface area contributed by atoms with Gasteiger partial charge in [-0.25, -0.2) is 4.79 Å². The highest BCUT2D eigenvalue weighted by atomic mass is 32.2. The van der Waals surface area contributed by atoms with E-state index in [2.05, 4.69) is 22.9 Å². The van der Waals surface area contributed by atoms with Gasteiger partial charge in [-0.1, -0.05) is 13.3 Å². The number of ether oxygens (including phenoxy) is 2. The molecule has 3 amide bonds. The Morgan fingerprint density at radius 3 is 2.75 bits per heavy atom. The highest BCUT2D eigenvalue weighted by Crippen LogP contribution is 2.31. The van der Waals surface area contributed by atoms with Crippen LogP contribution in [-0.4, -0.2) is 68.0 Å². The van der Waals surface area contributed by atoms with Crippen LogP contribution in [0.4, 0.5) is 4.79 Å². The molecule has 2 saturated heterocycles. The Labute approximate surface area is 148 Å². The van der Waals surface area contributed by atoms with Crippen LogP contribution in [0, 0.1) is 0 Å². The average molecular weight is 359 g/mol. The second-order valence-electron chi connectivity index (χ2n) is 6.11. The van der Waals surface area contributed by atoms with Gasteiger partial charge in [0.25, 0.3) is 0 Å². The van der Waals surface area contributed by atoms with Crippen LogP contribution in [0.1, 0.15) is 32.6 Å². The molecule has 0 bridgehead atoms. The van der Waals surface area contributed by atoms with E-state index in [-0.39, 0.29) is 29.3 Å². The van der Waals surface area contributed by atoms with Crippen LogP contribution in [0.3, 0.4) is 0 Å². The summed E-state index contributed by atoms with van der Waals surface area (Å²) in [7, 11) is 0. The number of hydrogen-bond acceptors (Lipinski definition) is 5. The van der Waals surface area contributed by atoms with Crippen molar-refractivity contribution in [2.45, 2.75) is 49.9 Å². The third kappa shape index (κ3) is 6.49. The van der Waals surface area contributed by atoms with Gasteiger partial charge >= 0.3 is 6.03 Å². The molecule has 0 aliphatic carbocycles. The molecule has 138 valence electrons. The summed E-state index contributed by atoms with van der Waals surface area (Å²) >= 11 is 1.74. The van der Waals surface area contributed by atoms with Gasteiger partial charge in [0.1, 0.15) is 0 Å². The third-order valence-electron chi connectivity index (χ3n) is 4.11. The topological polar surface area (TPSA) is 88.7 Å². The molecule has 0 saturated carbocycles. The van der Waals surface area contributed by atoms with E-state index < -0.39 is 0 Å². The zero-order chi connectivity index (χ0) is 17.2. The van der Waals surface area contributed by atoms with E-state index in [4.69, 9.17) is 9.47 Å². The zero-order valence-corrected chi connectivity index (χ0v) is 15.2. The van der Waals surface area contributed by atoms with Gasteiger partial charge in [-0.05, 0) is 12.8 Å². The summed E-state index contributed by atoms with van der Waals surface area (Å²) in [5.74, 6) is 0.880. The first kappa shape index (κ1) is 19.3. The molecule has 0 aromatic carbocycles. The van der Waals surface area contributed by atoms with Gasteiger partial charge in [0.2, 0.25) is 5.91 Å². The van der Waals surface area contributed by atoms with E-state index in [1.807, 2.05) is 0 Å². The molecule has 3 N–H and O–H groups in total. The van der Waals surface area contributed by atoms with Crippen LogP contribution in [0.15, 0.2) is 0 Å². The summed E-state index contributed by atoms with van der Waals surface area (Å²) in [4.78, 5) is 23.3. The van der Waals surface area contributed by atoms with E-state index >= 15 is 0 Å². The molecule has 0 spiro atoms. The van der Waals surface area contributed by atoms with Crippen LogP contribution in [0.2, 0.25) is 0 Å². The van der Waals surface area contributed by atoms with Crippen LogP contribution in [-0.2, 0) is 14.3 Å². The molecule has 0 radical (unpaired) electrons. The quantitative estimate of drug-likeness (QED) is 0.356. The minimum atomic E-state index is -0.122. The number of unbranched alkanes of at least 4 members (excludes halogenated alkanes) is 1. The van der Waals surface area contributed by atoms with Crippen molar-refractivity contribution in [3.63, 3.8) is 0 Å². The minimum Gasteiger partial charge on any atom is -0.381 e. The first-order valence-corrected chi connectivity index (χ1v) is 9.86. The molecule has 2 heterocycles. The number of carbonyl (C=O) groups excluding carboxylic acids is 2. The van der Waals surface area contributed by atoms with Gasteiger partial charge in [-0.3, -0.25) is 4.79 Å². The van der Waals surface area contributed by atoms with E-state index in [0.29, 0.717) is 26.2 Å². The predicted molar refractivity (Wildman–Crippen MR) is 94.3 cm³/mol. The summed E-state index contributed by atoms with van der Waals surface area (Å²) in [6.45, 7) is 5.39. The molecule has 7 nitrogen and oxygen atoms in total. The van der Waals surface area contributed by atoms with Gasteiger partial charge in [0.05, 0.1) is 18.7 Å². The Balaban J connectivity index is 1.44. The lowest BCUT2D eigenvalue weighted by molar-refractivity contribution is -0.121. The highest BCUT2D eigenvalue weighted by Gasteiger charge is 2.43. The number of urea groups is 1. The fourth-order valence-electron chi connectivity index (χ4n) is 2.80. The molecule has 2 aliphatic heterocycles. The summed E-state index contributed by atoms with van der Waals surface area (Å²) in [5, 5.41) is 8.79. The molecule has 0 aromatic rings. The smallest absolute Gasteiger partial charge is 0.315 e. The second kappa shape index (κ2) is 10.8. The molecule has 3 atom stereocenters. The normalized spacial score (nSPS) is 25.2. The molecular formula is C16H29N3O4S. The van der Waals surface area contributed by atoms with E-state index in [0.717, 1.165) is 38.2 Å². The number of fused-ring (bicyclic) bond motifs is 1.